The van der Waals surface area contributed by atoms with Crippen molar-refractivity contribution in [1.29, 1.82) is 0 Å². The number of likely N-dealkylation sites (tertiary alicyclic amines) is 1. The summed E-state index contributed by atoms with van der Waals surface area (Å²) in [5.74, 6) is 1.91. The number of anilines is 1. The van der Waals surface area contributed by atoms with E-state index >= 15 is 0 Å². The smallest absolute Gasteiger partial charge is 0.182 e. The largest absolute Gasteiger partial charge is 0.356 e. The number of piperidine rings is 2. The third-order valence-electron chi connectivity index (χ3n) is 6.56. The van der Waals surface area contributed by atoms with Crippen LogP contribution in [0.4, 0.5) is 10.2 Å². The van der Waals surface area contributed by atoms with Crippen LogP contribution in [0.15, 0.2) is 48.9 Å². The van der Waals surface area contributed by atoms with Gasteiger partial charge in [0.2, 0.25) is 0 Å². The fraction of sp³-hybridized carbons (Fsp3) is 0.440. The van der Waals surface area contributed by atoms with Crippen LogP contribution in [0, 0.1) is 5.82 Å². The molecule has 5 rings (SSSR count). The van der Waals surface area contributed by atoms with Crippen LogP contribution in [0.1, 0.15) is 49.3 Å². The van der Waals surface area contributed by atoms with Crippen LogP contribution in [0.3, 0.4) is 0 Å². The Labute approximate surface area is 188 Å². The maximum atomic E-state index is 14.1. The third-order valence-corrected chi connectivity index (χ3v) is 6.56. The molecule has 0 amide bonds. The lowest BCUT2D eigenvalue weighted by atomic mass is 9.92. The Balaban J connectivity index is 1.35. The van der Waals surface area contributed by atoms with E-state index in [1.54, 1.807) is 30.7 Å². The van der Waals surface area contributed by atoms with Crippen LogP contribution in [0.5, 0.6) is 0 Å². The summed E-state index contributed by atoms with van der Waals surface area (Å²) >= 11 is 0. The second-order valence-corrected chi connectivity index (χ2v) is 8.75. The number of rotatable bonds is 5. The first-order valence-corrected chi connectivity index (χ1v) is 11.6. The van der Waals surface area contributed by atoms with Crippen LogP contribution < -0.4 is 4.90 Å². The normalized spacial score (nSPS) is 18.1. The molecule has 2 saturated heterocycles. The van der Waals surface area contributed by atoms with Crippen molar-refractivity contribution in [3.8, 4) is 11.5 Å². The highest BCUT2D eigenvalue weighted by molar-refractivity contribution is 5.53. The molecule has 166 valence electrons. The van der Waals surface area contributed by atoms with E-state index in [2.05, 4.69) is 25.8 Å². The first-order valence-electron chi connectivity index (χ1n) is 11.6. The van der Waals surface area contributed by atoms with E-state index in [-0.39, 0.29) is 5.82 Å². The summed E-state index contributed by atoms with van der Waals surface area (Å²) in [6, 6.07) is 9.25. The quantitative estimate of drug-likeness (QED) is 0.594. The lowest BCUT2D eigenvalue weighted by Crippen LogP contribution is -2.33. The SMILES string of the molecule is Fc1ccccc1CN1CCC(c2cc(N3CCCCC3)nc(-c3cnccn3)n2)CC1. The van der Waals surface area contributed by atoms with Crippen LogP contribution >= 0.6 is 0 Å². The molecule has 2 aromatic heterocycles. The lowest BCUT2D eigenvalue weighted by Gasteiger charge is -2.33. The summed E-state index contributed by atoms with van der Waals surface area (Å²) in [6.45, 7) is 4.60. The monoisotopic (exact) mass is 432 g/mol. The van der Waals surface area contributed by atoms with E-state index in [0.717, 1.165) is 56.1 Å². The number of hydrogen-bond acceptors (Lipinski definition) is 6. The third kappa shape index (κ3) is 4.78. The Kier molecular flexibility index (Phi) is 6.34. The molecular weight excluding hydrogens is 403 g/mol. The van der Waals surface area contributed by atoms with E-state index in [9.17, 15) is 4.39 Å². The van der Waals surface area contributed by atoms with Gasteiger partial charge in [-0.05, 0) is 51.3 Å². The van der Waals surface area contributed by atoms with Gasteiger partial charge in [-0.2, -0.15) is 0 Å². The zero-order valence-corrected chi connectivity index (χ0v) is 18.3. The molecule has 7 heteroatoms. The van der Waals surface area contributed by atoms with Gasteiger partial charge >= 0.3 is 0 Å². The van der Waals surface area contributed by atoms with Crippen molar-refractivity contribution in [3.05, 3.63) is 66.0 Å². The van der Waals surface area contributed by atoms with Crippen molar-refractivity contribution < 1.29 is 4.39 Å². The Morgan fingerprint density at radius 3 is 2.50 bits per heavy atom. The van der Waals surface area contributed by atoms with Crippen LogP contribution in [0.2, 0.25) is 0 Å². The second kappa shape index (κ2) is 9.69. The van der Waals surface area contributed by atoms with E-state index in [1.165, 1.54) is 19.3 Å². The molecule has 0 bridgehead atoms. The van der Waals surface area contributed by atoms with Gasteiger partial charge in [0.05, 0.1) is 6.20 Å². The van der Waals surface area contributed by atoms with Crippen molar-refractivity contribution in [2.45, 2.75) is 44.6 Å². The fourth-order valence-electron chi connectivity index (χ4n) is 4.73. The second-order valence-electron chi connectivity index (χ2n) is 8.75. The van der Waals surface area contributed by atoms with Gasteiger partial charge in [-0.3, -0.25) is 9.88 Å². The molecule has 0 atom stereocenters. The van der Waals surface area contributed by atoms with Crippen molar-refractivity contribution in [2.24, 2.45) is 0 Å². The molecule has 1 aromatic carbocycles. The highest BCUT2D eigenvalue weighted by Crippen LogP contribution is 2.31. The van der Waals surface area contributed by atoms with E-state index in [1.807, 2.05) is 12.1 Å². The summed E-state index contributed by atoms with van der Waals surface area (Å²) in [5, 5.41) is 0. The van der Waals surface area contributed by atoms with Crippen molar-refractivity contribution in [3.63, 3.8) is 0 Å². The Morgan fingerprint density at radius 1 is 0.938 bits per heavy atom. The van der Waals surface area contributed by atoms with Crippen molar-refractivity contribution >= 4 is 5.82 Å². The molecule has 0 radical (unpaired) electrons. The lowest BCUT2D eigenvalue weighted by molar-refractivity contribution is 0.201. The molecule has 0 spiro atoms. The summed E-state index contributed by atoms with van der Waals surface area (Å²) in [4.78, 5) is 23.2. The minimum atomic E-state index is -0.120. The van der Waals surface area contributed by atoms with Gasteiger partial charge in [0.15, 0.2) is 5.82 Å². The molecule has 0 N–H and O–H groups in total. The Morgan fingerprint density at radius 2 is 1.75 bits per heavy atom. The minimum absolute atomic E-state index is 0.120. The number of halogens is 1. The summed E-state index contributed by atoms with van der Waals surface area (Å²) < 4.78 is 14.1. The minimum Gasteiger partial charge on any atom is -0.356 e. The zero-order valence-electron chi connectivity index (χ0n) is 18.3. The average molecular weight is 433 g/mol. The molecular formula is C25H29FN6. The van der Waals surface area contributed by atoms with Gasteiger partial charge in [-0.15, -0.1) is 0 Å². The molecule has 2 aliphatic rings. The molecule has 0 aliphatic carbocycles. The molecule has 2 aliphatic heterocycles. The fourth-order valence-corrected chi connectivity index (χ4v) is 4.73. The number of hydrogen-bond donors (Lipinski definition) is 0. The average Bonchev–Trinajstić information content (AvgIpc) is 2.87. The van der Waals surface area contributed by atoms with Gasteiger partial charge in [0, 0.05) is 55.3 Å². The van der Waals surface area contributed by atoms with Crippen LogP contribution in [-0.4, -0.2) is 51.0 Å². The molecule has 6 nitrogen and oxygen atoms in total. The molecule has 3 aromatic rings. The van der Waals surface area contributed by atoms with Gasteiger partial charge in [-0.1, -0.05) is 18.2 Å². The topological polar surface area (TPSA) is 58.0 Å². The van der Waals surface area contributed by atoms with Crippen LogP contribution in [-0.2, 0) is 6.54 Å². The zero-order chi connectivity index (χ0) is 21.8. The predicted octanol–water partition coefficient (Wildman–Crippen LogP) is 4.44. The van der Waals surface area contributed by atoms with Gasteiger partial charge in [0.25, 0.3) is 0 Å². The Hall–Kier alpha value is -2.93. The van der Waals surface area contributed by atoms with E-state index < -0.39 is 0 Å². The van der Waals surface area contributed by atoms with Crippen LogP contribution in [0.25, 0.3) is 11.5 Å². The molecule has 4 heterocycles. The number of nitrogens with zero attached hydrogens (tertiary/aromatic N) is 6. The maximum absolute atomic E-state index is 14.1. The maximum Gasteiger partial charge on any atom is 0.182 e. The summed E-state index contributed by atoms with van der Waals surface area (Å²) in [5.41, 5.74) is 2.57. The highest BCUT2D eigenvalue weighted by atomic mass is 19.1. The van der Waals surface area contributed by atoms with Gasteiger partial charge in [0.1, 0.15) is 17.3 Å². The first-order chi connectivity index (χ1) is 15.8. The molecule has 2 fully saturated rings. The van der Waals surface area contributed by atoms with E-state index in [4.69, 9.17) is 9.97 Å². The molecule has 0 saturated carbocycles. The highest BCUT2D eigenvalue weighted by Gasteiger charge is 2.25. The van der Waals surface area contributed by atoms with Gasteiger partial charge < -0.3 is 4.90 Å². The van der Waals surface area contributed by atoms with Crippen molar-refractivity contribution in [2.75, 3.05) is 31.1 Å². The molecule has 0 unspecified atom stereocenters. The number of benzene rings is 1. The standard InChI is InChI=1S/C25H29FN6/c26-21-7-3-2-6-20(21)18-31-14-8-19(9-15-31)22-16-24(32-12-4-1-5-13-32)30-25(29-22)23-17-27-10-11-28-23/h2-3,6-7,10-11,16-17,19H,1,4-5,8-9,12-15,18H2. The van der Waals surface area contributed by atoms with E-state index in [0.29, 0.717) is 24.0 Å². The molecule has 32 heavy (non-hydrogen) atoms. The summed E-state index contributed by atoms with van der Waals surface area (Å²) in [6.07, 6.45) is 10.8. The predicted molar refractivity (Wildman–Crippen MR) is 123 cm³/mol. The summed E-state index contributed by atoms with van der Waals surface area (Å²) in [7, 11) is 0. The van der Waals surface area contributed by atoms with Gasteiger partial charge in [-0.25, -0.2) is 19.3 Å². The number of aromatic nitrogens is 4. The first kappa shape index (κ1) is 20.9. The Bertz CT molecular complexity index is 1030. The van der Waals surface area contributed by atoms with Crippen molar-refractivity contribution in [1.82, 2.24) is 24.8 Å².